The van der Waals surface area contributed by atoms with Crippen molar-refractivity contribution in [3.63, 3.8) is 0 Å². The van der Waals surface area contributed by atoms with Crippen LogP contribution < -0.4 is 5.73 Å². The van der Waals surface area contributed by atoms with Crippen molar-refractivity contribution in [1.82, 2.24) is 30.2 Å². The number of aromatic nitrogens is 6. The van der Waals surface area contributed by atoms with E-state index >= 15 is 0 Å². The summed E-state index contributed by atoms with van der Waals surface area (Å²) in [5, 5.41) is 26.7. The van der Waals surface area contributed by atoms with Crippen LogP contribution in [0.5, 0.6) is 5.75 Å². The number of nitrogen functional groups attached to an aromatic ring is 1. The molecule has 0 aliphatic rings. The highest BCUT2D eigenvalue weighted by Gasteiger charge is 2.03. The number of phenols is 1. The zero-order valence-electron chi connectivity index (χ0n) is 21.3. The molecule has 3 rings (SSSR count). The quantitative estimate of drug-likeness (QED) is 0.304. The second-order valence-electron chi connectivity index (χ2n) is 6.01. The van der Waals surface area contributed by atoms with Crippen molar-refractivity contribution in [3.8, 4) is 16.9 Å². The van der Waals surface area contributed by atoms with E-state index < -0.39 is 0 Å². The Morgan fingerprint density at radius 2 is 1.83 bits per heavy atom. The molecule has 0 unspecified atom stereocenters. The van der Waals surface area contributed by atoms with Gasteiger partial charge in [-0.3, -0.25) is 5.41 Å². The summed E-state index contributed by atoms with van der Waals surface area (Å²) in [7, 11) is 0. The molecule has 0 spiro atoms. The molecule has 4 N–H and O–H groups in total. The third-order valence-corrected chi connectivity index (χ3v) is 3.79. The Hall–Kier alpha value is -3.31. The van der Waals surface area contributed by atoms with Crippen LogP contribution in [0, 0.1) is 5.41 Å². The Morgan fingerprint density at radius 1 is 1.23 bits per heavy atom. The maximum absolute atomic E-state index is 9.42. The summed E-state index contributed by atoms with van der Waals surface area (Å²) in [6.07, 6.45) is 13.4. The van der Waals surface area contributed by atoms with E-state index in [0.717, 1.165) is 29.6 Å². The van der Waals surface area contributed by atoms with Gasteiger partial charge >= 0.3 is 0 Å². The van der Waals surface area contributed by atoms with Gasteiger partial charge in [-0.25, -0.2) is 19.6 Å². The Bertz CT molecular complexity index is 979. The van der Waals surface area contributed by atoms with Gasteiger partial charge in [0.25, 0.3) is 0 Å². The van der Waals surface area contributed by atoms with Crippen molar-refractivity contribution in [2.75, 3.05) is 18.2 Å². The van der Waals surface area contributed by atoms with Gasteiger partial charge in [0.15, 0.2) is 0 Å². The van der Waals surface area contributed by atoms with Crippen molar-refractivity contribution < 1.29 is 5.11 Å². The lowest BCUT2D eigenvalue weighted by atomic mass is 10.1. The van der Waals surface area contributed by atoms with Crippen LogP contribution in [0.4, 0.5) is 5.95 Å². The lowest BCUT2D eigenvalue weighted by Crippen LogP contribution is -1.93. The summed E-state index contributed by atoms with van der Waals surface area (Å²) in [6, 6.07) is 4.94. The van der Waals surface area contributed by atoms with Crippen molar-refractivity contribution in [2.45, 2.75) is 41.2 Å². The predicted octanol–water partition coefficient (Wildman–Crippen LogP) is 5.41. The SMILES string of the molecule is C/C=C(/C)C=NC=N.CC.CCn1cnnn1.CSC.Nc1ncc(-c2ccc(Cl)c(O)c2)cn1. The molecular weight excluding hydrogens is 486 g/mol. The van der Waals surface area contributed by atoms with Crippen LogP contribution in [-0.2, 0) is 6.54 Å². The molecule has 0 fully saturated rings. The van der Waals surface area contributed by atoms with Gasteiger partial charge in [0.05, 0.1) is 5.02 Å². The number of benzene rings is 1. The van der Waals surface area contributed by atoms with E-state index in [9.17, 15) is 5.11 Å². The van der Waals surface area contributed by atoms with Gasteiger partial charge in [-0.1, -0.05) is 37.6 Å². The minimum Gasteiger partial charge on any atom is -0.506 e. The Morgan fingerprint density at radius 3 is 2.23 bits per heavy atom. The highest BCUT2D eigenvalue weighted by atomic mass is 35.5. The molecule has 0 aliphatic carbocycles. The molecule has 0 atom stereocenters. The number of hydrogen-bond donors (Lipinski definition) is 3. The van der Waals surface area contributed by atoms with Crippen molar-refractivity contribution in [2.24, 2.45) is 4.99 Å². The molecule has 12 heteroatoms. The number of nitrogens with two attached hydrogens (primary N) is 1. The van der Waals surface area contributed by atoms with Gasteiger partial charge in [0, 0.05) is 30.7 Å². The van der Waals surface area contributed by atoms with Crippen LogP contribution in [0.2, 0.25) is 5.02 Å². The minimum atomic E-state index is 0.0333. The normalized spacial score (nSPS) is 9.77. The standard InChI is InChI=1S/C10H8ClN3O.C6H10N2.C3H6N4.C2H6S.C2H6/c11-8-2-1-6(3-9(8)15)7-4-13-10(12)14-5-7;1-3-6(2)4-8-5-7;1-2-7-3-4-5-6-7;1-3-2;1-2/h1-5,15H,(H2,12,13,14);3-5,7H,1-2H3;3H,2H2,1H3;1-2H3;1-2H3/b;6-3-,7-5?,8-4?;;;. The van der Waals surface area contributed by atoms with Gasteiger partial charge in [0.1, 0.15) is 18.4 Å². The maximum Gasteiger partial charge on any atom is 0.219 e. The molecule has 192 valence electrons. The average Bonchev–Trinajstić information content (AvgIpc) is 3.41. The number of aromatic hydroxyl groups is 1. The predicted molar refractivity (Wildman–Crippen MR) is 150 cm³/mol. The monoisotopic (exact) mass is 521 g/mol. The number of nitrogens with one attached hydrogen (secondary N) is 1. The number of phenolic OH excluding ortho intramolecular Hbond substituents is 1. The molecule has 0 bridgehead atoms. The number of halogens is 1. The third kappa shape index (κ3) is 16.9. The molecule has 2 aromatic heterocycles. The summed E-state index contributed by atoms with van der Waals surface area (Å²) in [4.78, 5) is 11.3. The smallest absolute Gasteiger partial charge is 0.219 e. The molecule has 2 heterocycles. The molecule has 0 saturated carbocycles. The first kappa shape index (κ1) is 33.9. The molecule has 0 radical (unpaired) electrons. The van der Waals surface area contributed by atoms with Crippen LogP contribution >= 0.6 is 23.4 Å². The summed E-state index contributed by atoms with van der Waals surface area (Å²) < 4.78 is 1.65. The van der Waals surface area contributed by atoms with Crippen LogP contribution in [-0.4, -0.2) is 60.3 Å². The Labute approximate surface area is 217 Å². The number of nitrogens with zero attached hydrogens (tertiary/aromatic N) is 7. The fraction of sp³-hybridized carbons (Fsp3) is 0.348. The lowest BCUT2D eigenvalue weighted by Gasteiger charge is -2.02. The number of thioether (sulfide) groups is 1. The number of rotatable bonds is 4. The first-order valence-corrected chi connectivity index (χ1v) is 12.7. The van der Waals surface area contributed by atoms with E-state index in [2.05, 4.69) is 30.5 Å². The number of allylic oxidation sites excluding steroid dienone is 2. The highest BCUT2D eigenvalue weighted by Crippen LogP contribution is 2.28. The van der Waals surface area contributed by atoms with Gasteiger partial charge in [0.2, 0.25) is 5.95 Å². The molecule has 3 aromatic rings. The fourth-order valence-electron chi connectivity index (χ4n) is 1.73. The molecule has 0 saturated heterocycles. The first-order valence-electron chi connectivity index (χ1n) is 10.6. The van der Waals surface area contributed by atoms with Crippen LogP contribution in [0.25, 0.3) is 11.1 Å². The third-order valence-electron chi connectivity index (χ3n) is 3.47. The Balaban J connectivity index is 0. The van der Waals surface area contributed by atoms with Crippen molar-refractivity contribution >= 4 is 41.9 Å². The summed E-state index contributed by atoms with van der Waals surface area (Å²) >= 11 is 7.44. The van der Waals surface area contributed by atoms with Crippen LogP contribution in [0.1, 0.15) is 34.6 Å². The molecule has 1 aromatic carbocycles. The number of hydrogen-bond acceptors (Lipinski definition) is 9. The van der Waals surface area contributed by atoms with E-state index in [1.807, 2.05) is 53.2 Å². The molecule has 10 nitrogen and oxygen atoms in total. The minimum absolute atomic E-state index is 0.0333. The van der Waals surface area contributed by atoms with Gasteiger partial charge < -0.3 is 10.8 Å². The Kier molecular flexibility index (Phi) is 21.7. The van der Waals surface area contributed by atoms with E-state index in [-0.39, 0.29) is 11.7 Å². The van der Waals surface area contributed by atoms with E-state index in [1.165, 1.54) is 0 Å². The second-order valence-corrected chi connectivity index (χ2v) is 7.23. The van der Waals surface area contributed by atoms with Gasteiger partial charge in [-0.2, -0.15) is 11.8 Å². The number of aryl methyl sites for hydroxylation is 1. The van der Waals surface area contributed by atoms with E-state index in [4.69, 9.17) is 22.7 Å². The van der Waals surface area contributed by atoms with Gasteiger partial charge in [-0.15, -0.1) is 5.10 Å². The molecular formula is C23H36ClN9OS. The lowest BCUT2D eigenvalue weighted by molar-refractivity contribution is 0.476. The topological polar surface area (TPSA) is 152 Å². The molecule has 35 heavy (non-hydrogen) atoms. The summed E-state index contributed by atoms with van der Waals surface area (Å²) in [5.74, 6) is 0.253. The molecule has 0 amide bonds. The van der Waals surface area contributed by atoms with Crippen LogP contribution in [0.3, 0.4) is 0 Å². The number of anilines is 1. The van der Waals surface area contributed by atoms with Crippen molar-refractivity contribution in [1.29, 1.82) is 5.41 Å². The first-order chi connectivity index (χ1) is 16.8. The summed E-state index contributed by atoms with van der Waals surface area (Å²) in [6.45, 7) is 10.7. The fourth-order valence-corrected chi connectivity index (χ4v) is 1.85. The number of aliphatic imine (C=N–C) groups is 1. The largest absolute Gasteiger partial charge is 0.506 e. The average molecular weight is 522 g/mol. The highest BCUT2D eigenvalue weighted by molar-refractivity contribution is 7.97. The zero-order chi connectivity index (χ0) is 27.1. The van der Waals surface area contributed by atoms with Crippen LogP contribution in [0.15, 0.2) is 53.6 Å². The maximum atomic E-state index is 9.42. The summed E-state index contributed by atoms with van der Waals surface area (Å²) in [5.41, 5.74) is 8.01. The molecule has 0 aliphatic heterocycles. The van der Waals surface area contributed by atoms with E-state index in [0.29, 0.717) is 5.02 Å². The van der Waals surface area contributed by atoms with Crippen molar-refractivity contribution in [3.05, 3.63) is 53.6 Å². The van der Waals surface area contributed by atoms with E-state index in [1.54, 1.807) is 59.6 Å². The van der Waals surface area contributed by atoms with Gasteiger partial charge in [-0.05, 0) is 67.0 Å². The second kappa shape index (κ2) is 22.5. The number of tetrazole rings is 1. The zero-order valence-corrected chi connectivity index (χ0v) is 22.9.